The Labute approximate surface area is 261 Å². The molecule has 43 heavy (non-hydrogen) atoms. The van der Waals surface area contributed by atoms with Crippen molar-refractivity contribution >= 4 is 56.2 Å². The maximum absolute atomic E-state index is 14.0. The Bertz CT molecular complexity index is 1600. The lowest BCUT2D eigenvalue weighted by Gasteiger charge is -2.44. The number of thiophene rings is 1. The molecule has 0 spiro atoms. The van der Waals surface area contributed by atoms with Crippen LogP contribution in [0.1, 0.15) is 61.5 Å². The number of hydrogen-bond donors (Lipinski definition) is 1. The molecule has 1 aromatic heterocycles. The van der Waals surface area contributed by atoms with Gasteiger partial charge in [-0.25, -0.2) is 13.2 Å². The first kappa shape index (κ1) is 30.1. The molecule has 0 radical (unpaired) electrons. The normalized spacial score (nSPS) is 22.3. The summed E-state index contributed by atoms with van der Waals surface area (Å²) in [5, 5.41) is 10.7. The van der Waals surface area contributed by atoms with E-state index in [9.17, 15) is 23.1 Å². The molecule has 2 aliphatic heterocycles. The van der Waals surface area contributed by atoms with Crippen LogP contribution in [0.2, 0.25) is 5.02 Å². The first-order valence-corrected chi connectivity index (χ1v) is 17.6. The van der Waals surface area contributed by atoms with Crippen molar-refractivity contribution in [1.82, 2.24) is 4.31 Å². The zero-order valence-corrected chi connectivity index (χ0v) is 26.5. The summed E-state index contributed by atoms with van der Waals surface area (Å²) in [6, 6.07) is 15.8. The first-order valence-electron chi connectivity index (χ1n) is 15.0. The number of amides is 1. The van der Waals surface area contributed by atoms with Crippen LogP contribution in [-0.4, -0.2) is 61.4 Å². The average Bonchev–Trinajstić information content (AvgIpc) is 3.64. The third-order valence-electron chi connectivity index (χ3n) is 9.15. The lowest BCUT2D eigenvalue weighted by molar-refractivity contribution is -0.121. The van der Waals surface area contributed by atoms with E-state index in [1.807, 2.05) is 24.3 Å². The number of halogens is 1. The number of anilines is 2. The largest absolute Gasteiger partial charge is 0.477 e. The van der Waals surface area contributed by atoms with Gasteiger partial charge in [-0.05, 0) is 86.6 Å². The molecule has 3 aliphatic rings. The highest BCUT2D eigenvalue weighted by Crippen LogP contribution is 2.42. The SMILES string of the molecule is C[C@@H]1CCCN1c1ccc(S(=O)(=O)N2CC(=O)N(c3cc(-c4ccc(Cl)cc4)sc3C(=O)O)[C@H](C3CCCCC3)C2)cc1. The average molecular weight is 642 g/mol. The van der Waals surface area contributed by atoms with Crippen LogP contribution in [0.15, 0.2) is 59.5 Å². The van der Waals surface area contributed by atoms with E-state index in [0.717, 1.165) is 74.1 Å². The fraction of sp³-hybridized carbons (Fsp3) is 0.438. The van der Waals surface area contributed by atoms with E-state index < -0.39 is 27.9 Å². The molecule has 1 N–H and O–H groups in total. The van der Waals surface area contributed by atoms with Gasteiger partial charge in [0, 0.05) is 34.7 Å². The van der Waals surface area contributed by atoms with Crippen molar-refractivity contribution in [3.8, 4) is 10.4 Å². The zero-order chi connectivity index (χ0) is 30.3. The van der Waals surface area contributed by atoms with Gasteiger partial charge in [-0.3, -0.25) is 4.79 Å². The van der Waals surface area contributed by atoms with Crippen molar-refractivity contribution in [2.75, 3.05) is 29.4 Å². The van der Waals surface area contributed by atoms with Crippen LogP contribution >= 0.6 is 22.9 Å². The van der Waals surface area contributed by atoms with Crippen LogP contribution in [0.5, 0.6) is 0 Å². The molecule has 1 amide bonds. The van der Waals surface area contributed by atoms with E-state index >= 15 is 0 Å². The monoisotopic (exact) mass is 641 g/mol. The predicted molar refractivity (Wildman–Crippen MR) is 171 cm³/mol. The van der Waals surface area contributed by atoms with Gasteiger partial charge in [-0.15, -0.1) is 11.3 Å². The summed E-state index contributed by atoms with van der Waals surface area (Å²) >= 11 is 7.18. The molecule has 3 heterocycles. The number of rotatable bonds is 7. The van der Waals surface area contributed by atoms with Crippen LogP contribution < -0.4 is 9.80 Å². The number of carbonyl (C=O) groups is 2. The lowest BCUT2D eigenvalue weighted by Crippen LogP contribution is -2.60. The van der Waals surface area contributed by atoms with E-state index in [-0.39, 0.29) is 28.8 Å². The standard InChI is InChI=1S/C32H36ClN3O5S2/c1-21-6-5-17-35(21)25-13-15-26(16-14-25)43(40,41)34-19-28(22-7-3-2-4-8-22)36(30(37)20-34)27-18-29(42-31(27)32(38)39)23-9-11-24(33)12-10-23/h9-16,18,21-22,28H,2-8,17,19-20H2,1H3,(H,38,39)/t21-,28+/m1/s1. The number of benzene rings is 2. The highest BCUT2D eigenvalue weighted by atomic mass is 35.5. The van der Waals surface area contributed by atoms with Crippen molar-refractivity contribution in [3.63, 3.8) is 0 Å². The van der Waals surface area contributed by atoms with Crippen molar-refractivity contribution in [1.29, 1.82) is 0 Å². The zero-order valence-electron chi connectivity index (χ0n) is 24.1. The van der Waals surface area contributed by atoms with E-state index in [0.29, 0.717) is 21.6 Å². The fourth-order valence-electron chi connectivity index (χ4n) is 6.89. The van der Waals surface area contributed by atoms with Crippen LogP contribution in [0.4, 0.5) is 11.4 Å². The van der Waals surface area contributed by atoms with Crippen molar-refractivity contribution in [2.45, 2.75) is 68.8 Å². The van der Waals surface area contributed by atoms with Gasteiger partial charge in [0.05, 0.1) is 23.2 Å². The Morgan fingerprint density at radius 3 is 2.30 bits per heavy atom. The summed E-state index contributed by atoms with van der Waals surface area (Å²) in [6.07, 6.45) is 7.05. The molecule has 1 saturated carbocycles. The third-order valence-corrected chi connectivity index (χ3v) is 12.4. The molecule has 228 valence electrons. The molecule has 3 aromatic rings. The number of carbonyl (C=O) groups excluding carboxylic acids is 1. The minimum absolute atomic E-state index is 0.0651. The van der Waals surface area contributed by atoms with E-state index in [2.05, 4.69) is 11.8 Å². The third kappa shape index (κ3) is 5.94. The highest BCUT2D eigenvalue weighted by Gasteiger charge is 2.44. The molecular weight excluding hydrogens is 606 g/mol. The van der Waals surface area contributed by atoms with Gasteiger partial charge in [-0.2, -0.15) is 4.31 Å². The van der Waals surface area contributed by atoms with E-state index in [1.165, 1.54) is 4.31 Å². The van der Waals surface area contributed by atoms with Crippen LogP contribution in [0.25, 0.3) is 10.4 Å². The van der Waals surface area contributed by atoms with Gasteiger partial charge in [-0.1, -0.05) is 43.0 Å². The molecule has 2 atom stereocenters. The first-order chi connectivity index (χ1) is 20.6. The number of carboxylic acid groups (broad SMARTS) is 1. The molecule has 11 heteroatoms. The van der Waals surface area contributed by atoms with Gasteiger partial charge in [0.1, 0.15) is 4.88 Å². The molecule has 2 aromatic carbocycles. The second kappa shape index (κ2) is 12.2. The number of piperazine rings is 1. The van der Waals surface area contributed by atoms with Gasteiger partial charge in [0.15, 0.2) is 0 Å². The molecular formula is C32H36ClN3O5S2. The van der Waals surface area contributed by atoms with Crippen LogP contribution in [0.3, 0.4) is 0 Å². The number of sulfonamides is 1. The molecule has 3 fully saturated rings. The van der Waals surface area contributed by atoms with Gasteiger partial charge in [0.25, 0.3) is 0 Å². The summed E-state index contributed by atoms with van der Waals surface area (Å²) in [6.45, 7) is 2.90. The van der Waals surface area contributed by atoms with Crippen molar-refractivity contribution in [3.05, 3.63) is 64.5 Å². The Morgan fingerprint density at radius 2 is 1.67 bits per heavy atom. The predicted octanol–water partition coefficient (Wildman–Crippen LogP) is 6.74. The van der Waals surface area contributed by atoms with Crippen LogP contribution in [-0.2, 0) is 14.8 Å². The summed E-state index contributed by atoms with van der Waals surface area (Å²) < 4.78 is 29.2. The Balaban J connectivity index is 1.33. The maximum Gasteiger partial charge on any atom is 0.348 e. The molecule has 6 rings (SSSR count). The molecule has 1 aliphatic carbocycles. The van der Waals surface area contributed by atoms with Crippen molar-refractivity contribution < 1.29 is 23.1 Å². The highest BCUT2D eigenvalue weighted by molar-refractivity contribution is 7.89. The number of carboxylic acids is 1. The smallest absolute Gasteiger partial charge is 0.348 e. The number of nitrogens with zero attached hydrogens (tertiary/aromatic N) is 3. The topological polar surface area (TPSA) is 98.2 Å². The summed E-state index contributed by atoms with van der Waals surface area (Å²) in [5.74, 6) is -1.45. The maximum atomic E-state index is 14.0. The second-order valence-electron chi connectivity index (χ2n) is 11.8. The van der Waals surface area contributed by atoms with Gasteiger partial charge in [0.2, 0.25) is 15.9 Å². The minimum Gasteiger partial charge on any atom is -0.477 e. The number of aromatic carboxylic acids is 1. The Hall–Kier alpha value is -2.92. The Kier molecular flexibility index (Phi) is 8.56. The van der Waals surface area contributed by atoms with Crippen LogP contribution in [0, 0.1) is 5.92 Å². The number of hydrogen-bond acceptors (Lipinski definition) is 6. The van der Waals surface area contributed by atoms with Gasteiger partial charge >= 0.3 is 5.97 Å². The fourth-order valence-corrected chi connectivity index (χ4v) is 9.41. The molecule has 2 saturated heterocycles. The molecule has 0 bridgehead atoms. The minimum atomic E-state index is -3.95. The Morgan fingerprint density at radius 1 is 0.977 bits per heavy atom. The summed E-state index contributed by atoms with van der Waals surface area (Å²) in [4.78, 5) is 31.3. The molecule has 8 nitrogen and oxygen atoms in total. The van der Waals surface area contributed by atoms with Gasteiger partial charge < -0.3 is 14.9 Å². The lowest BCUT2D eigenvalue weighted by atomic mass is 9.82. The van der Waals surface area contributed by atoms with Crippen molar-refractivity contribution in [2.24, 2.45) is 5.92 Å². The summed E-state index contributed by atoms with van der Waals surface area (Å²) in [5.41, 5.74) is 2.14. The quantitative estimate of drug-likeness (QED) is 0.307. The second-order valence-corrected chi connectivity index (χ2v) is 15.3. The molecule has 0 unspecified atom stereocenters. The summed E-state index contributed by atoms with van der Waals surface area (Å²) in [7, 11) is -3.95. The van der Waals surface area contributed by atoms with E-state index in [4.69, 9.17) is 11.6 Å². The van der Waals surface area contributed by atoms with E-state index in [1.54, 1.807) is 35.2 Å².